The van der Waals surface area contributed by atoms with Gasteiger partial charge in [-0.1, -0.05) is 42.5 Å². The highest BCUT2D eigenvalue weighted by atomic mass is 35.5. The van der Waals surface area contributed by atoms with Crippen molar-refractivity contribution in [3.8, 4) is 11.1 Å². The third kappa shape index (κ3) is 3.76. The van der Waals surface area contributed by atoms with E-state index >= 15 is 0 Å². The van der Waals surface area contributed by atoms with Crippen LogP contribution in [0, 0.1) is 5.92 Å². The summed E-state index contributed by atoms with van der Waals surface area (Å²) >= 11 is 6.28. The van der Waals surface area contributed by atoms with E-state index < -0.39 is 5.79 Å². The lowest BCUT2D eigenvalue weighted by molar-refractivity contribution is -0.160. The van der Waals surface area contributed by atoms with Gasteiger partial charge >= 0.3 is 0 Å². The number of halogens is 1. The van der Waals surface area contributed by atoms with Gasteiger partial charge in [-0.3, -0.25) is 14.5 Å². The molecule has 4 aromatic rings. The van der Waals surface area contributed by atoms with E-state index in [4.69, 9.17) is 26.8 Å². The van der Waals surface area contributed by atoms with E-state index in [2.05, 4.69) is 9.97 Å². The fourth-order valence-corrected chi connectivity index (χ4v) is 6.56. The number of benzene rings is 2. The molecule has 1 aliphatic carbocycles. The van der Waals surface area contributed by atoms with Gasteiger partial charge < -0.3 is 19.8 Å². The van der Waals surface area contributed by atoms with E-state index in [1.807, 2.05) is 54.9 Å². The predicted octanol–water partition coefficient (Wildman–Crippen LogP) is 4.71. The van der Waals surface area contributed by atoms with Gasteiger partial charge in [0.05, 0.1) is 28.7 Å². The van der Waals surface area contributed by atoms with Gasteiger partial charge in [0.2, 0.25) is 5.28 Å². The Morgan fingerprint density at radius 2 is 1.59 bits per heavy atom. The number of imide groups is 1. The number of nitrogen functional groups attached to an aromatic ring is 1. The molecule has 1 saturated carbocycles. The van der Waals surface area contributed by atoms with Crippen molar-refractivity contribution in [1.82, 2.24) is 19.4 Å². The number of carbonyl (C=O) groups excluding carboxylic acids is 2. The van der Waals surface area contributed by atoms with Crippen LogP contribution in [0.4, 0.5) is 5.82 Å². The minimum absolute atomic E-state index is 0.0556. The Morgan fingerprint density at radius 3 is 2.28 bits per heavy atom. The van der Waals surface area contributed by atoms with Crippen molar-refractivity contribution in [2.24, 2.45) is 5.92 Å². The molecule has 2 aromatic heterocycles. The van der Waals surface area contributed by atoms with E-state index in [-0.39, 0.29) is 47.8 Å². The summed E-state index contributed by atoms with van der Waals surface area (Å²) in [5.41, 5.74) is 9.71. The Balaban J connectivity index is 1.30. The molecule has 2 aromatic carbocycles. The molecule has 0 bridgehead atoms. The first kappa shape index (κ1) is 24.3. The summed E-state index contributed by atoms with van der Waals surface area (Å²) in [6.45, 7) is 3.98. The number of amides is 2. The van der Waals surface area contributed by atoms with Crippen LogP contribution in [0.5, 0.6) is 0 Å². The molecule has 198 valence electrons. The zero-order valence-corrected chi connectivity index (χ0v) is 22.1. The normalized spacial score (nSPS) is 25.5. The molecule has 7 rings (SSSR count). The summed E-state index contributed by atoms with van der Waals surface area (Å²) in [6, 6.07) is 16.6. The summed E-state index contributed by atoms with van der Waals surface area (Å²) in [6.07, 6.45) is 1.94. The monoisotopic (exact) mass is 543 g/mol. The summed E-state index contributed by atoms with van der Waals surface area (Å²) in [4.78, 5) is 36.5. The molecule has 2 N–H and O–H groups in total. The molecule has 2 fully saturated rings. The first-order valence-electron chi connectivity index (χ1n) is 12.9. The van der Waals surface area contributed by atoms with Crippen molar-refractivity contribution >= 4 is 40.3 Å². The summed E-state index contributed by atoms with van der Waals surface area (Å²) in [5, 5.41) is 0.768. The third-order valence-corrected chi connectivity index (χ3v) is 8.13. The average molecular weight is 544 g/mol. The number of nitrogens with zero attached hydrogens (tertiary/aromatic N) is 4. The molecular weight excluding hydrogens is 518 g/mol. The van der Waals surface area contributed by atoms with Crippen LogP contribution in [0.2, 0.25) is 5.28 Å². The van der Waals surface area contributed by atoms with Crippen molar-refractivity contribution in [2.75, 3.05) is 12.3 Å². The molecule has 3 aliphatic rings. The fraction of sp³-hybridized carbons (Fsp3) is 0.310. The highest BCUT2D eigenvalue weighted by Crippen LogP contribution is 2.49. The minimum Gasteiger partial charge on any atom is -0.383 e. The van der Waals surface area contributed by atoms with Crippen LogP contribution in [-0.4, -0.2) is 55.8 Å². The molecule has 0 unspecified atom stereocenters. The predicted molar refractivity (Wildman–Crippen MR) is 145 cm³/mol. The van der Waals surface area contributed by atoms with Crippen LogP contribution in [0.3, 0.4) is 0 Å². The number of hydrogen-bond donors (Lipinski definition) is 1. The van der Waals surface area contributed by atoms with Crippen molar-refractivity contribution in [1.29, 1.82) is 0 Å². The molecule has 0 radical (unpaired) electrons. The van der Waals surface area contributed by atoms with Crippen molar-refractivity contribution < 1.29 is 19.1 Å². The number of carbonyl (C=O) groups is 2. The van der Waals surface area contributed by atoms with Gasteiger partial charge in [0, 0.05) is 24.2 Å². The highest BCUT2D eigenvalue weighted by molar-refractivity contribution is 6.29. The molecule has 10 heteroatoms. The average Bonchev–Trinajstić information content (AvgIpc) is 3.60. The number of hydrogen-bond acceptors (Lipinski definition) is 7. The maximum atomic E-state index is 13.2. The lowest BCUT2D eigenvalue weighted by Crippen LogP contribution is -2.38. The lowest BCUT2D eigenvalue weighted by Gasteiger charge is -2.26. The van der Waals surface area contributed by atoms with Gasteiger partial charge in [0.15, 0.2) is 5.79 Å². The first-order chi connectivity index (χ1) is 18.7. The molecule has 39 heavy (non-hydrogen) atoms. The topological polar surface area (TPSA) is 113 Å². The third-order valence-electron chi connectivity index (χ3n) is 7.96. The van der Waals surface area contributed by atoms with Gasteiger partial charge in [0.25, 0.3) is 11.8 Å². The van der Waals surface area contributed by atoms with Crippen LogP contribution in [-0.2, 0) is 9.47 Å². The van der Waals surface area contributed by atoms with Crippen LogP contribution >= 0.6 is 11.6 Å². The molecule has 0 spiro atoms. The van der Waals surface area contributed by atoms with Gasteiger partial charge in [-0.25, -0.2) is 4.98 Å². The van der Waals surface area contributed by atoms with E-state index in [1.165, 1.54) is 4.90 Å². The zero-order chi connectivity index (χ0) is 27.1. The highest BCUT2D eigenvalue weighted by Gasteiger charge is 2.56. The van der Waals surface area contributed by atoms with Crippen molar-refractivity contribution in [3.63, 3.8) is 0 Å². The SMILES string of the molecule is CC1(C)O[C@@H]2[C@@H](CN3C(=O)c4ccccc4C3=O)C[C@@H](n3cc(-c4ccccc4)c4c(N)nc(Cl)nc43)[C@@H]2O1. The Labute approximate surface area is 229 Å². The Hall–Kier alpha value is -3.79. The Bertz CT molecular complexity index is 1620. The molecule has 4 atom stereocenters. The molecule has 9 nitrogen and oxygen atoms in total. The van der Waals surface area contributed by atoms with Gasteiger partial charge in [-0.15, -0.1) is 0 Å². The van der Waals surface area contributed by atoms with E-state index in [9.17, 15) is 9.59 Å². The zero-order valence-electron chi connectivity index (χ0n) is 21.4. The first-order valence-corrected chi connectivity index (χ1v) is 13.3. The molecular formula is C29H26ClN5O4. The number of fused-ring (bicyclic) bond motifs is 3. The standard InChI is InChI=1S/C29H26ClN5O4/c1-29(2)38-22-16(13-35-26(36)17-10-6-7-11-18(17)27(35)37)12-20(23(22)39-29)34-14-19(15-8-4-3-5-9-15)21-24(31)32-28(30)33-25(21)34/h3-11,14,16,20,22-23H,12-13H2,1-2H3,(H2,31,32,33)/t16-,20-,22-,23+/m1/s1. The van der Waals surface area contributed by atoms with Crippen LogP contribution in [0.15, 0.2) is 60.8 Å². The Kier molecular flexibility index (Phi) is 5.35. The fourth-order valence-electron chi connectivity index (χ4n) is 6.39. The molecule has 1 saturated heterocycles. The second kappa shape index (κ2) is 8.61. The number of aromatic nitrogens is 3. The second-order valence-corrected chi connectivity index (χ2v) is 11.1. The minimum atomic E-state index is -0.828. The van der Waals surface area contributed by atoms with E-state index in [0.717, 1.165) is 11.1 Å². The summed E-state index contributed by atoms with van der Waals surface area (Å²) < 4.78 is 14.9. The van der Waals surface area contributed by atoms with E-state index in [1.54, 1.807) is 24.3 Å². The molecule has 4 heterocycles. The quantitative estimate of drug-likeness (QED) is 0.293. The molecule has 2 amide bonds. The summed E-state index contributed by atoms with van der Waals surface area (Å²) in [7, 11) is 0. The van der Waals surface area contributed by atoms with E-state index in [0.29, 0.717) is 34.4 Å². The largest absolute Gasteiger partial charge is 0.383 e. The number of rotatable bonds is 4. The maximum absolute atomic E-state index is 13.2. The maximum Gasteiger partial charge on any atom is 0.261 e. The van der Waals surface area contributed by atoms with Gasteiger partial charge in [-0.2, -0.15) is 4.98 Å². The van der Waals surface area contributed by atoms with Crippen molar-refractivity contribution in [3.05, 3.63) is 77.2 Å². The smallest absolute Gasteiger partial charge is 0.261 e. The van der Waals surface area contributed by atoms with Crippen LogP contribution < -0.4 is 5.73 Å². The van der Waals surface area contributed by atoms with Crippen LogP contribution in [0.1, 0.15) is 47.0 Å². The van der Waals surface area contributed by atoms with Crippen LogP contribution in [0.25, 0.3) is 22.2 Å². The summed E-state index contributed by atoms with van der Waals surface area (Å²) in [5.74, 6) is -1.25. The lowest BCUT2D eigenvalue weighted by atomic mass is 10.0. The Morgan fingerprint density at radius 1 is 0.949 bits per heavy atom. The number of anilines is 1. The number of ether oxygens (including phenoxy) is 2. The van der Waals surface area contributed by atoms with Crippen molar-refractivity contribution in [2.45, 2.75) is 44.3 Å². The van der Waals surface area contributed by atoms with Gasteiger partial charge in [-0.05, 0) is 49.6 Å². The van der Waals surface area contributed by atoms with Gasteiger partial charge in [0.1, 0.15) is 17.6 Å². The number of nitrogens with two attached hydrogens (primary N) is 1. The second-order valence-electron chi connectivity index (χ2n) is 10.8. The molecule has 2 aliphatic heterocycles.